The van der Waals surface area contributed by atoms with E-state index in [2.05, 4.69) is 94.4 Å². The molecule has 8 nitrogen and oxygen atoms in total. The summed E-state index contributed by atoms with van der Waals surface area (Å²) in [5, 5.41) is 0. The lowest BCUT2D eigenvalue weighted by molar-refractivity contribution is -0.264. The zero-order valence-electron chi connectivity index (χ0n) is 44.9. The molecule has 384 valence electrons. The summed E-state index contributed by atoms with van der Waals surface area (Å²) in [5.41, 5.74) is 2.15. The fourth-order valence-electron chi connectivity index (χ4n) is 15.6. The third-order valence-corrected chi connectivity index (χ3v) is 19.9. The van der Waals surface area contributed by atoms with Crippen molar-refractivity contribution in [3.63, 3.8) is 0 Å². The van der Waals surface area contributed by atoms with Gasteiger partial charge in [0, 0.05) is 32.3 Å². The molecule has 0 bridgehead atoms. The van der Waals surface area contributed by atoms with Crippen LogP contribution >= 0.6 is 0 Å². The van der Waals surface area contributed by atoms with Crippen molar-refractivity contribution in [1.82, 2.24) is 0 Å². The quantitative estimate of drug-likeness (QED) is 0.0645. The van der Waals surface area contributed by atoms with Gasteiger partial charge in [-0.25, -0.2) is 0 Å². The predicted molar refractivity (Wildman–Crippen MR) is 272 cm³/mol. The lowest BCUT2D eigenvalue weighted by Crippen LogP contribution is -2.67. The van der Waals surface area contributed by atoms with Crippen LogP contribution in [-0.2, 0) is 44.6 Å². The molecule has 4 saturated carbocycles. The van der Waals surface area contributed by atoms with Crippen molar-refractivity contribution in [3.8, 4) is 0 Å². The van der Waals surface area contributed by atoms with Gasteiger partial charge in [0.15, 0.2) is 5.78 Å². The molecule has 1 aromatic rings. The highest BCUT2D eigenvalue weighted by Crippen LogP contribution is 2.76. The second-order valence-electron chi connectivity index (χ2n) is 24.8. The zero-order valence-corrected chi connectivity index (χ0v) is 44.9. The number of hydrogen-bond donors (Lipinski definition) is 0. The molecule has 0 amide bonds. The molecule has 13 atom stereocenters. The maximum absolute atomic E-state index is 15.7. The van der Waals surface area contributed by atoms with Crippen LogP contribution in [0.15, 0.2) is 42.0 Å². The number of unbranched alkanes of at least 4 members (excludes halogenated alkanes) is 4. The van der Waals surface area contributed by atoms with Gasteiger partial charge in [-0.15, -0.1) is 0 Å². The molecule has 1 heterocycles. The Hall–Kier alpha value is -2.10. The molecular weight excluding hydrogens is 849 g/mol. The van der Waals surface area contributed by atoms with Gasteiger partial charge in [0.1, 0.15) is 37.1 Å². The fraction of sp³-hybridized carbons (Fsp3) is 0.833. The van der Waals surface area contributed by atoms with Gasteiger partial charge in [0.2, 0.25) is 0 Å². The molecule has 7 rings (SSSR count). The van der Waals surface area contributed by atoms with Crippen molar-refractivity contribution in [2.45, 2.75) is 229 Å². The van der Waals surface area contributed by atoms with E-state index in [1.807, 2.05) is 18.2 Å². The number of benzene rings is 1. The smallest absolute Gasteiger partial charge is 0.313 e. The SMILES string of the molecule is CCCCOCC1O[C@@H](C(=O)[C@H]2CC[C@@]3(C)C(CC[C@]4(C)C3CC=C3C5CC(C)(C)CC[C@]5(C(=O)OCc5ccccc5)CC[C@]34C)C2(C)C)[C@@H](OCCCC)C(OCCCC)[C@@H]1OCCCC. The normalized spacial score (nSPS) is 38.3. The molecule has 0 spiro atoms. The van der Waals surface area contributed by atoms with E-state index in [0.29, 0.717) is 51.5 Å². The highest BCUT2D eigenvalue weighted by Gasteiger charge is 2.70. The Morgan fingerprint density at radius 2 is 1.29 bits per heavy atom. The van der Waals surface area contributed by atoms with Crippen molar-refractivity contribution in [1.29, 1.82) is 0 Å². The Balaban J connectivity index is 1.17. The second-order valence-corrected chi connectivity index (χ2v) is 24.8. The number of esters is 1. The molecule has 0 radical (unpaired) electrons. The summed E-state index contributed by atoms with van der Waals surface area (Å²) in [6.45, 7) is 29.3. The first-order valence-corrected chi connectivity index (χ1v) is 28.0. The van der Waals surface area contributed by atoms with Crippen LogP contribution in [0.2, 0.25) is 0 Å². The van der Waals surface area contributed by atoms with Gasteiger partial charge in [-0.1, -0.05) is 144 Å². The van der Waals surface area contributed by atoms with Crippen LogP contribution in [0.3, 0.4) is 0 Å². The van der Waals surface area contributed by atoms with Crippen molar-refractivity contribution >= 4 is 11.8 Å². The summed E-state index contributed by atoms with van der Waals surface area (Å²) < 4.78 is 40.1. The van der Waals surface area contributed by atoms with E-state index >= 15 is 4.79 Å². The molecule has 6 aliphatic rings. The van der Waals surface area contributed by atoms with Crippen molar-refractivity contribution in [3.05, 3.63) is 47.5 Å². The predicted octanol–water partition coefficient (Wildman–Crippen LogP) is 13.9. The van der Waals surface area contributed by atoms with Gasteiger partial charge in [0.05, 0.1) is 12.0 Å². The minimum absolute atomic E-state index is 0.0161. The van der Waals surface area contributed by atoms with E-state index in [9.17, 15) is 4.79 Å². The number of ether oxygens (including phenoxy) is 6. The minimum Gasteiger partial charge on any atom is -0.460 e. The lowest BCUT2D eigenvalue weighted by atomic mass is 9.33. The fourth-order valence-corrected chi connectivity index (χ4v) is 15.6. The minimum atomic E-state index is -0.757. The number of hydrogen-bond acceptors (Lipinski definition) is 8. The monoisotopic (exact) mass is 945 g/mol. The van der Waals surface area contributed by atoms with E-state index in [1.165, 1.54) is 0 Å². The highest BCUT2D eigenvalue weighted by molar-refractivity contribution is 5.87. The zero-order chi connectivity index (χ0) is 49.0. The average molecular weight is 945 g/mol. The van der Waals surface area contributed by atoms with E-state index in [0.717, 1.165) is 121 Å². The number of ketones is 1. The molecule has 68 heavy (non-hydrogen) atoms. The Morgan fingerprint density at radius 3 is 1.96 bits per heavy atom. The summed E-state index contributed by atoms with van der Waals surface area (Å²) >= 11 is 0. The van der Waals surface area contributed by atoms with Gasteiger partial charge in [-0.05, 0) is 140 Å². The summed E-state index contributed by atoms with van der Waals surface area (Å²) in [6, 6.07) is 10.2. The van der Waals surface area contributed by atoms with Crippen molar-refractivity contribution < 1.29 is 38.0 Å². The lowest BCUT2D eigenvalue weighted by Gasteiger charge is -2.71. The Morgan fingerprint density at radius 1 is 0.676 bits per heavy atom. The first kappa shape index (κ1) is 53.7. The van der Waals surface area contributed by atoms with E-state index in [4.69, 9.17) is 28.4 Å². The van der Waals surface area contributed by atoms with Crippen molar-refractivity contribution in [2.75, 3.05) is 33.0 Å². The summed E-state index contributed by atoms with van der Waals surface area (Å²) in [6.07, 6.45) is 18.0. The van der Waals surface area contributed by atoms with Gasteiger partial charge >= 0.3 is 5.97 Å². The number of carbonyl (C=O) groups is 2. The van der Waals surface area contributed by atoms with Crippen LogP contribution in [0.25, 0.3) is 0 Å². The molecule has 5 fully saturated rings. The summed E-state index contributed by atoms with van der Waals surface area (Å²) in [4.78, 5) is 30.3. The molecular formula is C60H96O8. The Bertz CT molecular complexity index is 1840. The molecule has 8 heteroatoms. The molecule has 5 unspecified atom stereocenters. The van der Waals surface area contributed by atoms with Crippen LogP contribution in [0, 0.1) is 56.2 Å². The number of fused-ring (bicyclic) bond motifs is 7. The maximum Gasteiger partial charge on any atom is 0.313 e. The molecule has 5 aliphatic carbocycles. The van der Waals surface area contributed by atoms with Crippen LogP contribution in [0.5, 0.6) is 0 Å². The van der Waals surface area contributed by atoms with Gasteiger partial charge < -0.3 is 28.4 Å². The highest BCUT2D eigenvalue weighted by atomic mass is 16.6. The number of allylic oxidation sites excluding steroid dienone is 2. The largest absolute Gasteiger partial charge is 0.460 e. The van der Waals surface area contributed by atoms with Gasteiger partial charge in [-0.2, -0.15) is 0 Å². The first-order valence-electron chi connectivity index (χ1n) is 28.0. The second kappa shape index (κ2) is 22.3. The third kappa shape index (κ3) is 10.3. The van der Waals surface area contributed by atoms with Crippen LogP contribution in [0.1, 0.15) is 197 Å². The van der Waals surface area contributed by atoms with Crippen LogP contribution in [-0.4, -0.2) is 75.3 Å². The number of rotatable bonds is 22. The first-order chi connectivity index (χ1) is 32.5. The Kier molecular flexibility index (Phi) is 17.6. The van der Waals surface area contributed by atoms with Crippen molar-refractivity contribution in [2.24, 2.45) is 56.2 Å². The Labute approximate surface area is 413 Å². The van der Waals surface area contributed by atoms with E-state index in [1.54, 1.807) is 5.57 Å². The topological polar surface area (TPSA) is 89.5 Å². The molecule has 0 aromatic heterocycles. The van der Waals surface area contributed by atoms with Gasteiger partial charge in [-0.3, -0.25) is 9.59 Å². The maximum atomic E-state index is 15.7. The molecule has 1 saturated heterocycles. The number of carbonyl (C=O) groups excluding carboxylic acids is 2. The standard InChI is InChI=1S/C60H96O8/c1-12-16-35-63-41-46-50(64-36-17-13-2)52(65-37-18-14-3)53(66-38-19-15-4)51(68-46)49(61)44-27-29-57(9)47(56(44,7)8)28-30-59(11)48(57)26-25-43-45-39-55(5,6)31-33-60(45,34-32-58(43,59)10)54(62)67-40-42-23-21-20-22-24-42/h20-25,44-48,50-53H,12-19,26-41H2,1-11H3/t44-,45?,46?,47?,48?,50-,51+,52?,53-,57+,58-,59-,60+/m1/s1. The molecule has 1 aromatic carbocycles. The third-order valence-electron chi connectivity index (χ3n) is 19.9. The summed E-state index contributed by atoms with van der Waals surface area (Å²) in [7, 11) is 0. The van der Waals surface area contributed by atoms with Crippen LogP contribution in [0.4, 0.5) is 0 Å². The van der Waals surface area contributed by atoms with E-state index in [-0.39, 0.29) is 56.8 Å². The number of Topliss-reactive ketones (excluding diaryl/α,β-unsaturated/α-hetero) is 1. The molecule has 1 aliphatic heterocycles. The summed E-state index contributed by atoms with van der Waals surface area (Å²) in [5.74, 6) is 1.07. The van der Waals surface area contributed by atoms with E-state index < -0.39 is 29.8 Å². The van der Waals surface area contributed by atoms with Crippen LogP contribution < -0.4 is 0 Å². The van der Waals surface area contributed by atoms with Gasteiger partial charge in [0.25, 0.3) is 0 Å². The average Bonchev–Trinajstić information content (AvgIpc) is 3.30. The molecule has 0 N–H and O–H groups in total.